The average Bonchev–Trinajstić information content (AvgIpc) is 3.16. The molecule has 3 fully saturated rings. The molecule has 7 heteroatoms. The van der Waals surface area contributed by atoms with E-state index in [0.717, 1.165) is 12.4 Å². The highest BCUT2D eigenvalue weighted by atomic mass is 127. The van der Waals surface area contributed by atoms with Crippen molar-refractivity contribution in [2.45, 2.75) is 83.7 Å². The summed E-state index contributed by atoms with van der Waals surface area (Å²) in [5, 5.41) is 7.27. The van der Waals surface area contributed by atoms with Crippen LogP contribution >= 0.6 is 24.0 Å². The summed E-state index contributed by atoms with van der Waals surface area (Å²) in [5.41, 5.74) is 0.465. The number of nitrogens with one attached hydrogen (secondary N) is 2. The van der Waals surface area contributed by atoms with Gasteiger partial charge in [0.15, 0.2) is 15.8 Å². The number of hydrogen-bond acceptors (Lipinski definition) is 3. The van der Waals surface area contributed by atoms with Gasteiger partial charge >= 0.3 is 0 Å². The molecule has 1 heterocycles. The maximum absolute atomic E-state index is 11.7. The quantitative estimate of drug-likeness (QED) is 0.355. The second-order valence-corrected chi connectivity index (χ2v) is 11.4. The largest absolute Gasteiger partial charge is 0.354 e. The SMILES string of the molecule is CC1(C)CCC(NC(=NCC2CCS(=O)(=O)C2)NC2CCCC2)CC1.I. The van der Waals surface area contributed by atoms with Crippen LogP contribution in [0.25, 0.3) is 0 Å². The summed E-state index contributed by atoms with van der Waals surface area (Å²) >= 11 is 0. The predicted molar refractivity (Wildman–Crippen MR) is 119 cm³/mol. The summed E-state index contributed by atoms with van der Waals surface area (Å²) in [6.07, 6.45) is 10.7. The third kappa shape index (κ3) is 6.84. The Bertz CT molecular complexity index is 576. The Morgan fingerprint density at radius 3 is 2.12 bits per heavy atom. The molecule has 1 unspecified atom stereocenters. The minimum absolute atomic E-state index is 0. The van der Waals surface area contributed by atoms with E-state index in [2.05, 4.69) is 24.5 Å². The van der Waals surface area contributed by atoms with Crippen LogP contribution in [0.2, 0.25) is 0 Å². The van der Waals surface area contributed by atoms with Gasteiger partial charge in [-0.1, -0.05) is 26.7 Å². The fourth-order valence-electron chi connectivity index (χ4n) is 4.37. The second kappa shape index (κ2) is 9.43. The fourth-order valence-corrected chi connectivity index (χ4v) is 6.22. The standard InChI is InChI=1S/C19H35N3O2S.HI/c1-19(2)10-7-17(8-11-19)22-18(21-16-5-3-4-6-16)20-13-15-9-12-25(23,24)14-15;/h15-17H,3-14H2,1-2H3,(H2,20,21,22);1H. The van der Waals surface area contributed by atoms with Gasteiger partial charge in [0.2, 0.25) is 0 Å². The van der Waals surface area contributed by atoms with Crippen LogP contribution in [0.15, 0.2) is 4.99 Å². The summed E-state index contributed by atoms with van der Waals surface area (Å²) in [7, 11) is -2.82. The van der Waals surface area contributed by atoms with Crippen molar-refractivity contribution in [3.8, 4) is 0 Å². The first-order chi connectivity index (χ1) is 11.8. The highest BCUT2D eigenvalue weighted by Crippen LogP contribution is 2.35. The third-order valence-electron chi connectivity index (χ3n) is 6.21. The van der Waals surface area contributed by atoms with E-state index in [9.17, 15) is 8.42 Å². The van der Waals surface area contributed by atoms with E-state index in [1.807, 2.05) is 0 Å². The Hall–Kier alpha value is -0.0500. The summed E-state index contributed by atoms with van der Waals surface area (Å²) in [6.45, 7) is 5.34. The van der Waals surface area contributed by atoms with E-state index in [0.29, 0.717) is 35.5 Å². The summed E-state index contributed by atoms with van der Waals surface area (Å²) in [6, 6.07) is 1.02. The molecule has 0 aromatic carbocycles. The Morgan fingerprint density at radius 1 is 1.00 bits per heavy atom. The van der Waals surface area contributed by atoms with Gasteiger partial charge in [0.25, 0.3) is 0 Å². The van der Waals surface area contributed by atoms with Gasteiger partial charge in [0.05, 0.1) is 11.5 Å². The smallest absolute Gasteiger partial charge is 0.191 e. The van der Waals surface area contributed by atoms with Crippen LogP contribution in [-0.2, 0) is 9.84 Å². The Morgan fingerprint density at radius 2 is 1.58 bits per heavy atom. The van der Waals surface area contributed by atoms with Gasteiger partial charge in [-0.2, -0.15) is 0 Å². The van der Waals surface area contributed by atoms with E-state index >= 15 is 0 Å². The number of aliphatic imine (C=N–C) groups is 1. The van der Waals surface area contributed by atoms with Crippen molar-refractivity contribution in [3.63, 3.8) is 0 Å². The van der Waals surface area contributed by atoms with Crippen molar-refractivity contribution in [3.05, 3.63) is 0 Å². The van der Waals surface area contributed by atoms with Gasteiger partial charge in [0, 0.05) is 18.6 Å². The molecular weight excluding hydrogens is 461 g/mol. The maximum atomic E-state index is 11.7. The van der Waals surface area contributed by atoms with E-state index in [4.69, 9.17) is 4.99 Å². The molecule has 0 radical (unpaired) electrons. The van der Waals surface area contributed by atoms with E-state index < -0.39 is 9.84 Å². The lowest BCUT2D eigenvalue weighted by atomic mass is 9.75. The normalized spacial score (nSPS) is 29.3. The molecule has 0 amide bonds. The fraction of sp³-hybridized carbons (Fsp3) is 0.947. The lowest BCUT2D eigenvalue weighted by Gasteiger charge is -2.35. The van der Waals surface area contributed by atoms with E-state index in [-0.39, 0.29) is 29.9 Å². The first-order valence-corrected chi connectivity index (χ1v) is 11.9. The molecule has 0 aromatic rings. The number of halogens is 1. The molecule has 1 aliphatic heterocycles. The van der Waals surface area contributed by atoms with Crippen LogP contribution in [0, 0.1) is 11.3 Å². The molecular formula is C19H36IN3O2S. The van der Waals surface area contributed by atoms with E-state index in [1.54, 1.807) is 0 Å². The highest BCUT2D eigenvalue weighted by molar-refractivity contribution is 14.0. The Balaban J connectivity index is 0.00000243. The van der Waals surface area contributed by atoms with Crippen LogP contribution in [0.1, 0.15) is 71.6 Å². The lowest BCUT2D eigenvalue weighted by molar-refractivity contribution is 0.216. The number of nitrogens with zero attached hydrogens (tertiary/aromatic N) is 1. The molecule has 2 saturated carbocycles. The zero-order valence-electron chi connectivity index (χ0n) is 16.3. The van der Waals surface area contributed by atoms with Crippen molar-refractivity contribution in [2.75, 3.05) is 18.1 Å². The topological polar surface area (TPSA) is 70.6 Å². The molecule has 3 rings (SSSR count). The predicted octanol–water partition coefficient (Wildman–Crippen LogP) is 3.49. The van der Waals surface area contributed by atoms with Crippen LogP contribution in [0.5, 0.6) is 0 Å². The first-order valence-electron chi connectivity index (χ1n) is 10.1. The second-order valence-electron chi connectivity index (χ2n) is 9.17. The number of hydrogen-bond donors (Lipinski definition) is 2. The molecule has 152 valence electrons. The zero-order valence-corrected chi connectivity index (χ0v) is 19.4. The van der Waals surface area contributed by atoms with Gasteiger partial charge in [-0.3, -0.25) is 4.99 Å². The number of sulfone groups is 1. The lowest BCUT2D eigenvalue weighted by Crippen LogP contribution is -2.48. The number of guanidine groups is 1. The average molecular weight is 497 g/mol. The monoisotopic (exact) mass is 497 g/mol. The first kappa shape index (κ1) is 22.2. The molecule has 0 spiro atoms. The van der Waals surface area contributed by atoms with E-state index in [1.165, 1.54) is 51.4 Å². The minimum atomic E-state index is -2.82. The van der Waals surface area contributed by atoms with Crippen LogP contribution < -0.4 is 10.6 Å². The van der Waals surface area contributed by atoms with Gasteiger partial charge in [0.1, 0.15) is 0 Å². The molecule has 0 aromatic heterocycles. The number of rotatable bonds is 4. The minimum Gasteiger partial charge on any atom is -0.354 e. The molecule has 2 aliphatic carbocycles. The van der Waals surface area contributed by atoms with Crippen molar-refractivity contribution in [1.82, 2.24) is 10.6 Å². The molecule has 1 saturated heterocycles. The molecule has 3 aliphatic rings. The molecule has 26 heavy (non-hydrogen) atoms. The summed E-state index contributed by atoms with van der Waals surface area (Å²) < 4.78 is 23.3. The van der Waals surface area contributed by atoms with Gasteiger partial charge in [-0.25, -0.2) is 8.42 Å². The van der Waals surface area contributed by atoms with Gasteiger partial charge in [-0.05, 0) is 56.3 Å². The van der Waals surface area contributed by atoms with Crippen LogP contribution in [-0.4, -0.2) is 44.5 Å². The Labute approximate surface area is 176 Å². The van der Waals surface area contributed by atoms with Crippen molar-refractivity contribution >= 4 is 39.8 Å². The molecule has 0 bridgehead atoms. The van der Waals surface area contributed by atoms with Gasteiger partial charge < -0.3 is 10.6 Å². The van der Waals surface area contributed by atoms with Crippen LogP contribution in [0.3, 0.4) is 0 Å². The zero-order chi connectivity index (χ0) is 17.9. The van der Waals surface area contributed by atoms with Crippen LogP contribution in [0.4, 0.5) is 0 Å². The van der Waals surface area contributed by atoms with Crippen molar-refractivity contribution in [2.24, 2.45) is 16.3 Å². The molecule has 1 atom stereocenters. The summed E-state index contributed by atoms with van der Waals surface area (Å²) in [4.78, 5) is 4.80. The third-order valence-corrected chi connectivity index (χ3v) is 8.05. The summed E-state index contributed by atoms with van der Waals surface area (Å²) in [5.74, 6) is 1.76. The molecule has 5 nitrogen and oxygen atoms in total. The van der Waals surface area contributed by atoms with Crippen molar-refractivity contribution < 1.29 is 8.42 Å². The Kier molecular flexibility index (Phi) is 8.07. The van der Waals surface area contributed by atoms with Crippen molar-refractivity contribution in [1.29, 1.82) is 0 Å². The van der Waals surface area contributed by atoms with Gasteiger partial charge in [-0.15, -0.1) is 24.0 Å². The highest BCUT2D eigenvalue weighted by Gasteiger charge is 2.29. The molecule has 2 N–H and O–H groups in total. The maximum Gasteiger partial charge on any atom is 0.191 e.